The fourth-order valence-corrected chi connectivity index (χ4v) is 6.30. The van der Waals surface area contributed by atoms with Gasteiger partial charge >= 0.3 is 6.36 Å². The zero-order valence-corrected chi connectivity index (χ0v) is 25.1. The Kier molecular flexibility index (Phi) is 8.61. The summed E-state index contributed by atoms with van der Waals surface area (Å²) >= 11 is 12.4. The molecule has 2 aliphatic heterocycles. The Bertz CT molecular complexity index is 1430. The molecule has 0 bridgehead atoms. The monoisotopic (exact) mass is 643 g/mol. The van der Waals surface area contributed by atoms with Crippen LogP contribution in [-0.4, -0.2) is 78.1 Å². The number of alkyl halides is 3. The number of likely N-dealkylation sites (tertiary alicyclic amines) is 2. The van der Waals surface area contributed by atoms with Gasteiger partial charge in [0.05, 0.1) is 16.1 Å². The molecule has 0 radical (unpaired) electrons. The molecule has 2 saturated heterocycles. The van der Waals surface area contributed by atoms with E-state index in [1.54, 1.807) is 23.1 Å². The van der Waals surface area contributed by atoms with Crippen LogP contribution in [0.5, 0.6) is 5.75 Å². The minimum absolute atomic E-state index is 0.0826. The van der Waals surface area contributed by atoms with Crippen LogP contribution >= 0.6 is 23.2 Å². The fraction of sp³-hybridized carbons (Fsp3) is 0.500. The van der Waals surface area contributed by atoms with E-state index in [2.05, 4.69) is 4.74 Å². The molecular weight excluding hydrogens is 613 g/mol. The van der Waals surface area contributed by atoms with Crippen molar-refractivity contribution < 1.29 is 36.7 Å². The largest absolute Gasteiger partial charge is 0.573 e. The summed E-state index contributed by atoms with van der Waals surface area (Å²) in [5.74, 6) is -3.67. The maximum Gasteiger partial charge on any atom is 0.573 e. The normalized spacial score (nSPS) is 22.0. The number of rotatable bonds is 6. The Morgan fingerprint density at radius 3 is 2.26 bits per heavy atom. The molecule has 3 amide bonds. The maximum absolute atomic E-state index is 14.0. The van der Waals surface area contributed by atoms with Crippen molar-refractivity contribution in [2.45, 2.75) is 50.9 Å². The molecule has 43 heavy (non-hydrogen) atoms. The van der Waals surface area contributed by atoms with Crippen LogP contribution in [0.1, 0.15) is 54.4 Å². The highest BCUT2D eigenvalue weighted by Gasteiger charge is 2.48. The zero-order valence-electron chi connectivity index (χ0n) is 23.6. The first kappa shape index (κ1) is 31.4. The minimum Gasteiger partial charge on any atom is -0.403 e. The third kappa shape index (κ3) is 6.72. The Hall–Kier alpha value is -3.05. The number of amides is 3. The van der Waals surface area contributed by atoms with Gasteiger partial charge in [0, 0.05) is 56.0 Å². The average molecular weight is 644 g/mol. The summed E-state index contributed by atoms with van der Waals surface area (Å²) in [4.78, 5) is 44.9. The second-order valence-electron chi connectivity index (χ2n) is 11.8. The van der Waals surface area contributed by atoms with Gasteiger partial charge in [-0.2, -0.15) is 0 Å². The lowest BCUT2D eigenvalue weighted by molar-refractivity contribution is -0.275. The molecule has 7 nitrogen and oxygen atoms in total. The van der Waals surface area contributed by atoms with Gasteiger partial charge in [0.1, 0.15) is 0 Å². The third-order valence-electron chi connectivity index (χ3n) is 8.84. The van der Waals surface area contributed by atoms with Crippen molar-refractivity contribution in [3.63, 3.8) is 0 Å². The fourth-order valence-electron chi connectivity index (χ4n) is 5.99. The molecule has 3 aliphatic rings. The summed E-state index contributed by atoms with van der Waals surface area (Å²) < 4.78 is 56.1. The van der Waals surface area contributed by atoms with Gasteiger partial charge in [-0.3, -0.25) is 14.4 Å². The van der Waals surface area contributed by atoms with Crippen molar-refractivity contribution in [2.24, 2.45) is 11.3 Å². The number of piperidine rings is 1. The first-order valence-electron chi connectivity index (χ1n) is 14.0. The topological polar surface area (TPSA) is 70.2 Å². The summed E-state index contributed by atoms with van der Waals surface area (Å²) in [5, 5.41) is 0.632. The van der Waals surface area contributed by atoms with Crippen LogP contribution in [0.15, 0.2) is 36.4 Å². The second kappa shape index (κ2) is 11.8. The molecule has 2 aromatic rings. The molecule has 2 atom stereocenters. The van der Waals surface area contributed by atoms with E-state index in [-0.39, 0.29) is 41.8 Å². The number of carbonyl (C=O) groups is 3. The van der Waals surface area contributed by atoms with Crippen molar-refractivity contribution >= 4 is 40.9 Å². The number of nitrogens with zero attached hydrogens (tertiary/aromatic N) is 3. The first-order valence-corrected chi connectivity index (χ1v) is 14.8. The van der Waals surface area contributed by atoms with Gasteiger partial charge in [-0.05, 0) is 61.6 Å². The van der Waals surface area contributed by atoms with Crippen LogP contribution in [0.2, 0.25) is 10.0 Å². The summed E-state index contributed by atoms with van der Waals surface area (Å²) in [7, 11) is 1.49. The molecule has 3 fully saturated rings. The van der Waals surface area contributed by atoms with Crippen molar-refractivity contribution in [3.05, 3.63) is 63.4 Å². The average Bonchev–Trinajstić information content (AvgIpc) is 3.56. The zero-order chi connectivity index (χ0) is 31.3. The molecule has 2 heterocycles. The highest BCUT2D eigenvalue weighted by molar-refractivity contribution is 6.42. The highest BCUT2D eigenvalue weighted by Crippen LogP contribution is 2.47. The summed E-state index contributed by atoms with van der Waals surface area (Å²) in [6.07, 6.45) is -2.30. The predicted octanol–water partition coefficient (Wildman–Crippen LogP) is 6.14. The van der Waals surface area contributed by atoms with Crippen LogP contribution in [0.3, 0.4) is 0 Å². The molecule has 5 rings (SSSR count). The van der Waals surface area contributed by atoms with E-state index in [0.29, 0.717) is 42.0 Å². The highest BCUT2D eigenvalue weighted by atomic mass is 35.5. The molecule has 232 valence electrons. The summed E-state index contributed by atoms with van der Waals surface area (Å²) in [6.45, 7) is 3.40. The van der Waals surface area contributed by atoms with Crippen LogP contribution in [0.25, 0.3) is 0 Å². The van der Waals surface area contributed by atoms with Crippen molar-refractivity contribution in [1.82, 2.24) is 14.7 Å². The number of likely N-dealkylation sites (N-methyl/N-ethyl adjacent to an activating group) is 1. The van der Waals surface area contributed by atoms with Gasteiger partial charge in [-0.1, -0.05) is 36.2 Å². The SMILES string of the molecule is CN(C(=O)c1ccc(F)c(OC(F)(F)F)c1)C1CN(C(=O)C2CCN(C(=O)C3(C)CC3)CC2)CC1c1ccc(Cl)c(Cl)c1. The second-order valence-corrected chi connectivity index (χ2v) is 12.6. The van der Waals surface area contributed by atoms with Crippen molar-refractivity contribution in [2.75, 3.05) is 33.2 Å². The Labute approximate surface area is 256 Å². The van der Waals surface area contributed by atoms with Gasteiger partial charge in [-0.25, -0.2) is 4.39 Å². The van der Waals surface area contributed by atoms with E-state index in [9.17, 15) is 31.9 Å². The minimum atomic E-state index is -5.14. The summed E-state index contributed by atoms with van der Waals surface area (Å²) in [5.41, 5.74) is 0.253. The number of ether oxygens (including phenoxy) is 1. The van der Waals surface area contributed by atoms with Gasteiger partial charge in [0.25, 0.3) is 5.91 Å². The quantitative estimate of drug-likeness (QED) is 0.355. The predicted molar refractivity (Wildman–Crippen MR) is 151 cm³/mol. The van der Waals surface area contributed by atoms with E-state index in [1.807, 2.05) is 11.8 Å². The number of hydrogen-bond donors (Lipinski definition) is 0. The van der Waals surface area contributed by atoms with E-state index >= 15 is 0 Å². The molecule has 13 heteroatoms. The third-order valence-corrected chi connectivity index (χ3v) is 9.58. The standard InChI is InChI=1S/C30H31Cl2F4N3O4/c1-29(9-10-29)28(42)38-11-7-17(8-12-38)27(41)39-15-20(18-3-5-21(31)22(32)13-18)24(16-39)37(2)26(40)19-4-6-23(33)25(14-19)43-30(34,35)36/h3-6,13-14,17,20,24H,7-12,15-16H2,1-2H3. The lowest BCUT2D eigenvalue weighted by atomic mass is 9.93. The molecule has 0 N–H and O–H groups in total. The van der Waals surface area contributed by atoms with Gasteiger partial charge in [0.15, 0.2) is 11.6 Å². The van der Waals surface area contributed by atoms with E-state index < -0.39 is 35.8 Å². The van der Waals surface area contributed by atoms with Crippen molar-refractivity contribution in [1.29, 1.82) is 0 Å². The maximum atomic E-state index is 14.0. The molecule has 0 spiro atoms. The molecular formula is C30H31Cl2F4N3O4. The number of halogens is 6. The van der Waals surface area contributed by atoms with Crippen LogP contribution in [0.4, 0.5) is 17.6 Å². The molecule has 0 aromatic heterocycles. The Balaban J connectivity index is 1.35. The van der Waals surface area contributed by atoms with Gasteiger partial charge in [-0.15, -0.1) is 13.2 Å². The lowest BCUT2D eigenvalue weighted by Gasteiger charge is -2.34. The van der Waals surface area contributed by atoms with Gasteiger partial charge in [0.2, 0.25) is 11.8 Å². The van der Waals surface area contributed by atoms with Crippen LogP contribution in [-0.2, 0) is 9.59 Å². The first-order chi connectivity index (χ1) is 20.2. The Morgan fingerprint density at radius 2 is 1.65 bits per heavy atom. The lowest BCUT2D eigenvalue weighted by Crippen LogP contribution is -2.46. The molecule has 2 unspecified atom stereocenters. The van der Waals surface area contributed by atoms with E-state index in [0.717, 1.165) is 30.5 Å². The number of hydrogen-bond acceptors (Lipinski definition) is 4. The van der Waals surface area contributed by atoms with Crippen LogP contribution < -0.4 is 4.74 Å². The number of carbonyl (C=O) groups excluding carboxylic acids is 3. The van der Waals surface area contributed by atoms with Gasteiger partial charge < -0.3 is 19.4 Å². The van der Waals surface area contributed by atoms with E-state index in [4.69, 9.17) is 23.2 Å². The number of benzene rings is 2. The Morgan fingerprint density at radius 1 is 0.977 bits per heavy atom. The molecule has 2 aromatic carbocycles. The van der Waals surface area contributed by atoms with Crippen molar-refractivity contribution in [3.8, 4) is 5.75 Å². The van der Waals surface area contributed by atoms with E-state index in [1.165, 1.54) is 11.9 Å². The molecule has 1 aliphatic carbocycles. The summed E-state index contributed by atoms with van der Waals surface area (Å²) in [6, 6.07) is 7.01. The van der Waals surface area contributed by atoms with Crippen LogP contribution in [0, 0.1) is 17.2 Å². The smallest absolute Gasteiger partial charge is 0.403 e. The molecule has 1 saturated carbocycles.